The van der Waals surface area contributed by atoms with Crippen molar-refractivity contribution in [1.82, 2.24) is 16.2 Å². The topological polar surface area (TPSA) is 130 Å². The van der Waals surface area contributed by atoms with E-state index in [9.17, 15) is 24.5 Å². The Hall–Kier alpha value is -4.05. The van der Waals surface area contributed by atoms with Gasteiger partial charge in [0.15, 0.2) is 0 Å². The van der Waals surface area contributed by atoms with E-state index in [4.69, 9.17) is 0 Å². The summed E-state index contributed by atoms with van der Waals surface area (Å²) in [4.78, 5) is 48.1. The third kappa shape index (κ3) is 5.06. The molecule has 3 rings (SSSR count). The first-order valence-corrected chi connectivity index (χ1v) is 9.57. The molecule has 3 amide bonds. The molecule has 0 spiro atoms. The van der Waals surface area contributed by atoms with Gasteiger partial charge in [-0.2, -0.15) is 0 Å². The molecule has 30 heavy (non-hydrogen) atoms. The number of nitro groups is 1. The molecule has 1 atom stereocenters. The first kappa shape index (κ1) is 20.7. The summed E-state index contributed by atoms with van der Waals surface area (Å²) in [7, 11) is 0. The Morgan fingerprint density at radius 1 is 0.900 bits per heavy atom. The smallest absolute Gasteiger partial charge is 0.270 e. The Morgan fingerprint density at radius 3 is 2.33 bits per heavy atom. The van der Waals surface area contributed by atoms with Gasteiger partial charge in [0.1, 0.15) is 6.04 Å². The Morgan fingerprint density at radius 2 is 1.67 bits per heavy atom. The fraction of sp³-hybridized carbons (Fsp3) is 0.0500. The second kappa shape index (κ2) is 9.43. The van der Waals surface area contributed by atoms with Crippen molar-refractivity contribution in [2.45, 2.75) is 6.04 Å². The van der Waals surface area contributed by atoms with Crippen LogP contribution in [0.1, 0.15) is 31.6 Å². The fourth-order valence-corrected chi connectivity index (χ4v) is 3.21. The lowest BCUT2D eigenvalue weighted by Crippen LogP contribution is -2.48. The lowest BCUT2D eigenvalue weighted by molar-refractivity contribution is -0.384. The number of carbonyl (C=O) groups is 3. The lowest BCUT2D eigenvalue weighted by atomic mass is 10.1. The standard InChI is InChI=1S/C20H16N4O5S/c25-18(14-8-4-9-15(12-14)24(28)29)22-23-20(27)17(13-6-2-1-3-7-13)21-19(26)16-10-5-11-30-16/h1-12,17H,(H,21,26)(H,22,25)(H,23,27)/t17-/m1/s1. The van der Waals surface area contributed by atoms with Crippen molar-refractivity contribution in [1.29, 1.82) is 0 Å². The molecule has 3 N–H and O–H groups in total. The largest absolute Gasteiger partial charge is 0.336 e. The van der Waals surface area contributed by atoms with E-state index in [0.717, 1.165) is 6.07 Å². The summed E-state index contributed by atoms with van der Waals surface area (Å²) in [5.74, 6) is -1.84. The second-order valence-electron chi connectivity index (χ2n) is 6.05. The number of nitro benzene ring substituents is 1. The molecule has 2 aromatic carbocycles. The number of carbonyl (C=O) groups excluding carboxylic acids is 3. The van der Waals surface area contributed by atoms with Crippen molar-refractivity contribution in [3.8, 4) is 0 Å². The van der Waals surface area contributed by atoms with E-state index < -0.39 is 28.7 Å². The lowest BCUT2D eigenvalue weighted by Gasteiger charge is -2.19. The number of nitrogens with zero attached hydrogens (tertiary/aromatic N) is 1. The number of amides is 3. The summed E-state index contributed by atoms with van der Waals surface area (Å²) >= 11 is 1.23. The van der Waals surface area contributed by atoms with Crippen LogP contribution >= 0.6 is 11.3 Å². The predicted octanol–water partition coefficient (Wildman–Crippen LogP) is 2.59. The highest BCUT2D eigenvalue weighted by Crippen LogP contribution is 2.16. The summed E-state index contributed by atoms with van der Waals surface area (Å²) < 4.78 is 0. The van der Waals surface area contributed by atoms with E-state index in [1.165, 1.54) is 29.5 Å². The summed E-state index contributed by atoms with van der Waals surface area (Å²) in [6, 6.07) is 15.9. The number of benzene rings is 2. The predicted molar refractivity (Wildman–Crippen MR) is 110 cm³/mol. The zero-order valence-corrected chi connectivity index (χ0v) is 16.2. The minimum Gasteiger partial charge on any atom is -0.336 e. The number of hydrogen-bond acceptors (Lipinski definition) is 6. The summed E-state index contributed by atoms with van der Waals surface area (Å²) in [6.45, 7) is 0. The molecule has 1 heterocycles. The Kier molecular flexibility index (Phi) is 6.50. The van der Waals surface area contributed by atoms with Crippen molar-refractivity contribution in [2.24, 2.45) is 0 Å². The minimum atomic E-state index is -1.06. The molecular weight excluding hydrogens is 408 g/mol. The number of nitrogens with one attached hydrogen (secondary N) is 3. The fourth-order valence-electron chi connectivity index (χ4n) is 2.58. The van der Waals surface area contributed by atoms with Crippen LogP contribution in [-0.2, 0) is 4.79 Å². The molecule has 152 valence electrons. The number of hydrazine groups is 1. The molecule has 10 heteroatoms. The number of hydrogen-bond donors (Lipinski definition) is 3. The van der Waals surface area contributed by atoms with Crippen molar-refractivity contribution in [3.63, 3.8) is 0 Å². The molecule has 0 aliphatic heterocycles. The summed E-state index contributed by atoms with van der Waals surface area (Å²) in [5, 5.41) is 15.2. The molecule has 9 nitrogen and oxygen atoms in total. The van der Waals surface area contributed by atoms with Crippen molar-refractivity contribution in [3.05, 3.63) is 98.2 Å². The van der Waals surface area contributed by atoms with Gasteiger partial charge in [-0.3, -0.25) is 35.3 Å². The van der Waals surface area contributed by atoms with E-state index in [1.807, 2.05) is 0 Å². The Labute approximate surface area is 174 Å². The monoisotopic (exact) mass is 424 g/mol. The number of thiophene rings is 1. The van der Waals surface area contributed by atoms with Gasteiger partial charge in [-0.05, 0) is 23.1 Å². The van der Waals surface area contributed by atoms with E-state index >= 15 is 0 Å². The first-order chi connectivity index (χ1) is 14.5. The van der Waals surface area contributed by atoms with Gasteiger partial charge in [0.05, 0.1) is 9.80 Å². The third-order valence-electron chi connectivity index (χ3n) is 4.03. The van der Waals surface area contributed by atoms with Gasteiger partial charge in [-0.15, -0.1) is 11.3 Å². The van der Waals surface area contributed by atoms with Crippen LogP contribution in [0.2, 0.25) is 0 Å². The zero-order chi connectivity index (χ0) is 21.5. The van der Waals surface area contributed by atoms with E-state index in [1.54, 1.807) is 47.8 Å². The van der Waals surface area contributed by atoms with Crippen LogP contribution in [-0.4, -0.2) is 22.6 Å². The molecule has 0 fully saturated rings. The van der Waals surface area contributed by atoms with Gasteiger partial charge in [0.2, 0.25) is 0 Å². The van der Waals surface area contributed by atoms with Gasteiger partial charge in [0.25, 0.3) is 23.4 Å². The Balaban J connectivity index is 1.71. The highest BCUT2D eigenvalue weighted by Gasteiger charge is 2.24. The van der Waals surface area contributed by atoms with Gasteiger partial charge >= 0.3 is 0 Å². The van der Waals surface area contributed by atoms with Crippen LogP contribution in [0, 0.1) is 10.1 Å². The van der Waals surface area contributed by atoms with Crippen LogP contribution in [0.4, 0.5) is 5.69 Å². The summed E-state index contributed by atoms with van der Waals surface area (Å²) in [5.41, 5.74) is 4.74. The molecular formula is C20H16N4O5S. The molecule has 0 unspecified atom stereocenters. The Bertz CT molecular complexity index is 1070. The molecule has 0 saturated carbocycles. The van der Waals surface area contributed by atoms with Crippen LogP contribution < -0.4 is 16.2 Å². The van der Waals surface area contributed by atoms with E-state index in [2.05, 4.69) is 16.2 Å². The molecule has 1 aromatic heterocycles. The molecule has 0 bridgehead atoms. The van der Waals surface area contributed by atoms with Crippen LogP contribution in [0.5, 0.6) is 0 Å². The van der Waals surface area contributed by atoms with E-state index in [-0.39, 0.29) is 11.3 Å². The zero-order valence-electron chi connectivity index (χ0n) is 15.4. The highest BCUT2D eigenvalue weighted by molar-refractivity contribution is 7.12. The molecule has 0 saturated heterocycles. The van der Waals surface area contributed by atoms with E-state index in [0.29, 0.717) is 10.4 Å². The van der Waals surface area contributed by atoms with Crippen molar-refractivity contribution >= 4 is 34.7 Å². The third-order valence-corrected chi connectivity index (χ3v) is 4.90. The minimum absolute atomic E-state index is 0.00313. The van der Waals surface area contributed by atoms with Gasteiger partial charge < -0.3 is 5.32 Å². The molecule has 0 aliphatic carbocycles. The highest BCUT2D eigenvalue weighted by atomic mass is 32.1. The van der Waals surface area contributed by atoms with Gasteiger partial charge in [-0.25, -0.2) is 0 Å². The second-order valence-corrected chi connectivity index (χ2v) is 6.99. The quantitative estimate of drug-likeness (QED) is 0.414. The normalized spacial score (nSPS) is 11.2. The number of rotatable bonds is 6. The summed E-state index contributed by atoms with van der Waals surface area (Å²) in [6.07, 6.45) is 0. The molecule has 3 aromatic rings. The molecule has 0 aliphatic rings. The first-order valence-electron chi connectivity index (χ1n) is 8.69. The van der Waals surface area contributed by atoms with Crippen LogP contribution in [0.15, 0.2) is 72.1 Å². The maximum absolute atomic E-state index is 12.7. The van der Waals surface area contributed by atoms with Crippen molar-refractivity contribution < 1.29 is 19.3 Å². The SMILES string of the molecule is O=C(NNC(=O)[C@H](NC(=O)c1cccs1)c1ccccc1)c1cccc([N+](=O)[O-])c1. The van der Waals surface area contributed by atoms with Crippen LogP contribution in [0.25, 0.3) is 0 Å². The maximum atomic E-state index is 12.7. The number of non-ortho nitro benzene ring substituents is 1. The van der Waals surface area contributed by atoms with Gasteiger partial charge in [0, 0.05) is 17.7 Å². The van der Waals surface area contributed by atoms with Gasteiger partial charge in [-0.1, -0.05) is 42.5 Å². The molecule has 0 radical (unpaired) electrons. The van der Waals surface area contributed by atoms with Crippen LogP contribution in [0.3, 0.4) is 0 Å². The average molecular weight is 424 g/mol. The van der Waals surface area contributed by atoms with Crippen molar-refractivity contribution in [2.75, 3.05) is 0 Å². The average Bonchev–Trinajstić information content (AvgIpc) is 3.31. The maximum Gasteiger partial charge on any atom is 0.270 e.